The zero-order valence-corrected chi connectivity index (χ0v) is 12.8. The highest BCUT2D eigenvalue weighted by Gasteiger charge is 2.15. The standard InChI is InChI=1S/C13H17ClN4S/c1-9(10-5-4-6-11(14)7-10)18(3)8-12-13(15-2)19-17-16-12/h4-7,9,15H,8H2,1-3H3. The molecule has 1 unspecified atom stereocenters. The molecular formula is C13H17ClN4S. The van der Waals surface area contributed by atoms with Crippen molar-refractivity contribution in [1.29, 1.82) is 0 Å². The lowest BCUT2D eigenvalue weighted by atomic mass is 10.1. The third-order valence-corrected chi connectivity index (χ3v) is 4.19. The van der Waals surface area contributed by atoms with Gasteiger partial charge in [-0.2, -0.15) is 0 Å². The van der Waals surface area contributed by atoms with E-state index < -0.39 is 0 Å². The summed E-state index contributed by atoms with van der Waals surface area (Å²) in [7, 11) is 3.96. The van der Waals surface area contributed by atoms with Crippen molar-refractivity contribution < 1.29 is 0 Å². The maximum absolute atomic E-state index is 6.03. The van der Waals surface area contributed by atoms with Crippen LogP contribution in [0.2, 0.25) is 5.02 Å². The Morgan fingerprint density at radius 1 is 1.47 bits per heavy atom. The number of aromatic nitrogens is 2. The second kappa shape index (κ2) is 6.32. The van der Waals surface area contributed by atoms with E-state index in [0.717, 1.165) is 22.3 Å². The molecule has 1 N–H and O–H groups in total. The van der Waals surface area contributed by atoms with Gasteiger partial charge in [-0.1, -0.05) is 28.2 Å². The van der Waals surface area contributed by atoms with E-state index in [1.54, 1.807) is 0 Å². The van der Waals surface area contributed by atoms with Gasteiger partial charge in [0.25, 0.3) is 0 Å². The number of halogens is 1. The van der Waals surface area contributed by atoms with Gasteiger partial charge in [0.05, 0.1) is 0 Å². The van der Waals surface area contributed by atoms with Crippen LogP contribution < -0.4 is 5.32 Å². The van der Waals surface area contributed by atoms with E-state index in [2.05, 4.69) is 39.8 Å². The Balaban J connectivity index is 2.09. The molecule has 1 atom stereocenters. The van der Waals surface area contributed by atoms with Gasteiger partial charge in [0.15, 0.2) is 0 Å². The van der Waals surface area contributed by atoms with Gasteiger partial charge in [0.1, 0.15) is 10.7 Å². The van der Waals surface area contributed by atoms with E-state index >= 15 is 0 Å². The highest BCUT2D eigenvalue weighted by molar-refractivity contribution is 7.10. The predicted molar refractivity (Wildman–Crippen MR) is 80.8 cm³/mol. The van der Waals surface area contributed by atoms with Gasteiger partial charge >= 0.3 is 0 Å². The third kappa shape index (κ3) is 3.43. The van der Waals surface area contributed by atoms with E-state index in [1.807, 2.05) is 25.2 Å². The number of hydrogen-bond acceptors (Lipinski definition) is 5. The van der Waals surface area contributed by atoms with Crippen LogP contribution in [0.1, 0.15) is 24.2 Å². The first-order valence-corrected chi connectivity index (χ1v) is 7.21. The van der Waals surface area contributed by atoms with Crippen molar-refractivity contribution in [1.82, 2.24) is 14.5 Å². The predicted octanol–water partition coefficient (Wildman–Crippen LogP) is 3.43. The summed E-state index contributed by atoms with van der Waals surface area (Å²) < 4.78 is 3.97. The fourth-order valence-electron chi connectivity index (χ4n) is 1.90. The highest BCUT2D eigenvalue weighted by Crippen LogP contribution is 2.25. The van der Waals surface area contributed by atoms with Crippen LogP contribution >= 0.6 is 23.1 Å². The molecule has 0 saturated heterocycles. The number of rotatable bonds is 5. The van der Waals surface area contributed by atoms with Crippen LogP contribution in [-0.2, 0) is 6.54 Å². The molecule has 0 bridgehead atoms. The number of nitrogens with zero attached hydrogens (tertiary/aromatic N) is 3. The maximum Gasteiger partial charge on any atom is 0.134 e. The third-order valence-electron chi connectivity index (χ3n) is 3.17. The fourth-order valence-corrected chi connectivity index (χ4v) is 2.62. The average Bonchev–Trinajstić information content (AvgIpc) is 2.85. The maximum atomic E-state index is 6.03. The number of anilines is 1. The molecule has 102 valence electrons. The van der Waals surface area contributed by atoms with Crippen molar-refractivity contribution >= 4 is 28.1 Å². The Morgan fingerprint density at radius 3 is 2.95 bits per heavy atom. The monoisotopic (exact) mass is 296 g/mol. The van der Waals surface area contributed by atoms with Crippen LogP contribution in [0.4, 0.5) is 5.00 Å². The van der Waals surface area contributed by atoms with E-state index in [-0.39, 0.29) is 6.04 Å². The lowest BCUT2D eigenvalue weighted by Crippen LogP contribution is -2.22. The molecule has 4 nitrogen and oxygen atoms in total. The minimum atomic E-state index is 0.269. The molecule has 0 spiro atoms. The fraction of sp³-hybridized carbons (Fsp3) is 0.385. The molecule has 2 rings (SSSR count). The van der Waals surface area contributed by atoms with Crippen molar-refractivity contribution in [3.8, 4) is 0 Å². The summed E-state index contributed by atoms with van der Waals surface area (Å²) in [4.78, 5) is 2.23. The van der Waals surface area contributed by atoms with Gasteiger partial charge in [-0.15, -0.1) is 5.10 Å². The highest BCUT2D eigenvalue weighted by atomic mass is 35.5. The number of hydrogen-bond donors (Lipinski definition) is 1. The topological polar surface area (TPSA) is 41.1 Å². The van der Waals surface area contributed by atoms with E-state index in [9.17, 15) is 0 Å². The SMILES string of the molecule is CNc1snnc1CN(C)C(C)c1cccc(Cl)c1. The molecule has 1 aromatic carbocycles. The van der Waals surface area contributed by atoms with Crippen molar-refractivity contribution in [3.63, 3.8) is 0 Å². The molecule has 1 heterocycles. The van der Waals surface area contributed by atoms with Crippen LogP contribution in [0.25, 0.3) is 0 Å². The molecule has 0 amide bonds. The number of nitrogens with one attached hydrogen (secondary N) is 1. The van der Waals surface area contributed by atoms with Crippen molar-refractivity contribution in [2.45, 2.75) is 19.5 Å². The Morgan fingerprint density at radius 2 is 2.26 bits per heavy atom. The normalized spacial score (nSPS) is 12.7. The molecule has 2 aromatic rings. The first-order chi connectivity index (χ1) is 9.11. The van der Waals surface area contributed by atoms with Crippen LogP contribution in [0.5, 0.6) is 0 Å². The van der Waals surface area contributed by atoms with Crippen LogP contribution in [0.3, 0.4) is 0 Å². The quantitative estimate of drug-likeness (QED) is 0.918. The van der Waals surface area contributed by atoms with Crippen LogP contribution in [-0.4, -0.2) is 28.6 Å². The van der Waals surface area contributed by atoms with Gasteiger partial charge in [0.2, 0.25) is 0 Å². The zero-order valence-electron chi connectivity index (χ0n) is 11.2. The molecule has 0 radical (unpaired) electrons. The lowest BCUT2D eigenvalue weighted by molar-refractivity contribution is 0.250. The molecule has 0 aliphatic heterocycles. The Labute approximate surface area is 122 Å². The summed E-state index contributed by atoms with van der Waals surface area (Å²) in [6.45, 7) is 2.91. The van der Waals surface area contributed by atoms with Crippen molar-refractivity contribution in [3.05, 3.63) is 40.5 Å². The van der Waals surface area contributed by atoms with E-state index in [0.29, 0.717) is 0 Å². The summed E-state index contributed by atoms with van der Waals surface area (Å²) >= 11 is 7.42. The largest absolute Gasteiger partial charge is 0.377 e. The summed E-state index contributed by atoms with van der Waals surface area (Å²) in [5.41, 5.74) is 2.17. The Bertz CT molecular complexity index is 543. The second-order valence-corrected chi connectivity index (χ2v) is 5.64. The minimum Gasteiger partial charge on any atom is -0.377 e. The first-order valence-electron chi connectivity index (χ1n) is 6.06. The lowest BCUT2D eigenvalue weighted by Gasteiger charge is -2.24. The molecular weight excluding hydrogens is 280 g/mol. The summed E-state index contributed by atoms with van der Waals surface area (Å²) in [5.74, 6) is 0. The average molecular weight is 297 g/mol. The summed E-state index contributed by atoms with van der Waals surface area (Å²) in [6, 6.07) is 8.23. The summed E-state index contributed by atoms with van der Waals surface area (Å²) in [5, 5.41) is 9.06. The van der Waals surface area contributed by atoms with Gasteiger partial charge in [-0.25, -0.2) is 0 Å². The van der Waals surface area contributed by atoms with Crippen molar-refractivity contribution in [2.24, 2.45) is 0 Å². The van der Waals surface area contributed by atoms with Crippen LogP contribution in [0.15, 0.2) is 24.3 Å². The number of benzene rings is 1. The van der Waals surface area contributed by atoms with Gasteiger partial charge in [-0.3, -0.25) is 4.90 Å². The Kier molecular flexibility index (Phi) is 4.74. The second-order valence-electron chi connectivity index (χ2n) is 4.44. The molecule has 1 aromatic heterocycles. The van der Waals surface area contributed by atoms with E-state index in [4.69, 9.17) is 11.6 Å². The molecule has 0 fully saturated rings. The van der Waals surface area contributed by atoms with Crippen molar-refractivity contribution in [2.75, 3.05) is 19.4 Å². The molecule has 6 heteroatoms. The smallest absolute Gasteiger partial charge is 0.134 e. The molecule has 0 saturated carbocycles. The summed E-state index contributed by atoms with van der Waals surface area (Å²) in [6.07, 6.45) is 0. The Hall–Kier alpha value is -1.17. The van der Waals surface area contributed by atoms with Gasteiger partial charge in [-0.05, 0) is 31.7 Å². The van der Waals surface area contributed by atoms with Gasteiger partial charge < -0.3 is 5.32 Å². The molecule has 19 heavy (non-hydrogen) atoms. The van der Waals surface area contributed by atoms with E-state index in [1.165, 1.54) is 17.1 Å². The van der Waals surface area contributed by atoms with Crippen LogP contribution in [0, 0.1) is 0 Å². The van der Waals surface area contributed by atoms with Gasteiger partial charge in [0, 0.05) is 36.2 Å². The minimum absolute atomic E-state index is 0.269. The first kappa shape index (κ1) is 14.2. The zero-order chi connectivity index (χ0) is 13.8. The molecule has 0 aliphatic carbocycles. The molecule has 0 aliphatic rings.